The quantitative estimate of drug-likeness (QED) is 0.695. The van der Waals surface area contributed by atoms with Gasteiger partial charge in [-0.1, -0.05) is 0 Å². The third-order valence-electron chi connectivity index (χ3n) is 2.76. The Morgan fingerprint density at radius 2 is 2.12 bits per heavy atom. The highest BCUT2D eigenvalue weighted by atomic mass is 19.1. The molecule has 0 aromatic heterocycles. The van der Waals surface area contributed by atoms with E-state index in [1.807, 2.05) is 0 Å². The summed E-state index contributed by atoms with van der Waals surface area (Å²) in [6.45, 7) is 3.40. The van der Waals surface area contributed by atoms with Crippen molar-refractivity contribution < 1.29 is 9.18 Å². The molecule has 0 atom stereocenters. The molecule has 85 valence electrons. The van der Waals surface area contributed by atoms with Gasteiger partial charge in [0, 0.05) is 17.5 Å². The standard InChI is InChI=1S/C13H10FN2O/c1-13(2,7-15)9-3-8-4-12(17)16-6-10(8)11(14)5-9/h3-6H,1-2H3. The molecule has 17 heavy (non-hydrogen) atoms. The van der Waals surface area contributed by atoms with E-state index in [9.17, 15) is 9.18 Å². The number of hydrogen-bond donors (Lipinski definition) is 0. The summed E-state index contributed by atoms with van der Waals surface area (Å²) in [5.74, 6) is -0.878. The van der Waals surface area contributed by atoms with Crippen LogP contribution in [0, 0.1) is 17.1 Å². The SMILES string of the molecule is CC(C)(C#N)c1cc(F)c2c(c1)=CC(=O)[N]C=2. The maximum absolute atomic E-state index is 13.8. The monoisotopic (exact) mass is 229 g/mol. The van der Waals surface area contributed by atoms with E-state index < -0.39 is 17.1 Å². The van der Waals surface area contributed by atoms with E-state index in [0.717, 1.165) is 0 Å². The molecule has 0 saturated heterocycles. The zero-order chi connectivity index (χ0) is 12.6. The van der Waals surface area contributed by atoms with E-state index >= 15 is 0 Å². The molecule has 3 nitrogen and oxygen atoms in total. The molecule has 2 rings (SSSR count). The van der Waals surface area contributed by atoms with E-state index in [0.29, 0.717) is 16.0 Å². The number of fused-ring (bicyclic) bond motifs is 1. The maximum Gasteiger partial charge on any atom is 0.270 e. The fourth-order valence-electron chi connectivity index (χ4n) is 1.62. The first-order valence-electron chi connectivity index (χ1n) is 5.12. The number of rotatable bonds is 1. The molecule has 0 unspecified atom stereocenters. The Morgan fingerprint density at radius 1 is 1.41 bits per heavy atom. The van der Waals surface area contributed by atoms with Crippen LogP contribution >= 0.6 is 0 Å². The van der Waals surface area contributed by atoms with E-state index in [-0.39, 0.29) is 0 Å². The second-order valence-electron chi connectivity index (χ2n) is 4.44. The Morgan fingerprint density at radius 3 is 2.76 bits per heavy atom. The summed E-state index contributed by atoms with van der Waals surface area (Å²) >= 11 is 0. The predicted octanol–water partition coefficient (Wildman–Crippen LogP) is 0.290. The molecule has 1 heterocycles. The third kappa shape index (κ3) is 1.92. The van der Waals surface area contributed by atoms with Gasteiger partial charge in [-0.05, 0) is 36.8 Å². The van der Waals surface area contributed by atoms with Gasteiger partial charge in [0.05, 0.1) is 11.5 Å². The Bertz CT molecular complexity index is 653. The second-order valence-corrected chi connectivity index (χ2v) is 4.44. The van der Waals surface area contributed by atoms with Crippen molar-refractivity contribution in [2.75, 3.05) is 0 Å². The number of halogens is 1. The van der Waals surface area contributed by atoms with Crippen molar-refractivity contribution >= 4 is 18.2 Å². The molecular weight excluding hydrogens is 219 g/mol. The van der Waals surface area contributed by atoms with Gasteiger partial charge in [-0.2, -0.15) is 5.26 Å². The second kappa shape index (κ2) is 3.70. The molecule has 1 aliphatic heterocycles. The molecule has 1 aromatic carbocycles. The maximum atomic E-state index is 13.8. The highest BCUT2D eigenvalue weighted by molar-refractivity contribution is 6.06. The van der Waals surface area contributed by atoms with Crippen LogP contribution in [0.15, 0.2) is 12.1 Å². The van der Waals surface area contributed by atoms with Crippen molar-refractivity contribution in [3.63, 3.8) is 0 Å². The Labute approximate surface area is 97.9 Å². The first-order valence-corrected chi connectivity index (χ1v) is 5.12. The first kappa shape index (κ1) is 11.3. The first-order chi connectivity index (χ1) is 7.94. The minimum atomic E-state index is -0.790. The molecule has 0 aliphatic carbocycles. The third-order valence-corrected chi connectivity index (χ3v) is 2.76. The largest absolute Gasteiger partial charge is 0.270 e. The van der Waals surface area contributed by atoms with Gasteiger partial charge in [-0.25, -0.2) is 9.71 Å². The number of amides is 1. The molecule has 0 saturated carbocycles. The highest BCUT2D eigenvalue weighted by Crippen LogP contribution is 2.20. The van der Waals surface area contributed by atoms with E-state index in [4.69, 9.17) is 5.26 Å². The minimum absolute atomic E-state index is 0.294. The summed E-state index contributed by atoms with van der Waals surface area (Å²) in [6, 6.07) is 5.08. The van der Waals surface area contributed by atoms with Crippen LogP contribution < -0.4 is 15.8 Å². The Balaban J connectivity index is 2.76. The molecular formula is C13H10FN2O. The van der Waals surface area contributed by atoms with Crippen LogP contribution in [0.3, 0.4) is 0 Å². The predicted molar refractivity (Wildman–Crippen MR) is 60.4 cm³/mol. The molecule has 1 aliphatic rings. The normalized spacial score (nSPS) is 13.9. The smallest absolute Gasteiger partial charge is 0.267 e. The topological polar surface area (TPSA) is 55.0 Å². The van der Waals surface area contributed by atoms with Gasteiger partial charge in [-0.3, -0.25) is 4.79 Å². The van der Waals surface area contributed by atoms with Gasteiger partial charge < -0.3 is 0 Å². The number of hydrogen-bond acceptors (Lipinski definition) is 2. The average molecular weight is 229 g/mol. The van der Waals surface area contributed by atoms with Crippen molar-refractivity contribution in [3.8, 4) is 6.07 Å². The van der Waals surface area contributed by atoms with Crippen molar-refractivity contribution in [3.05, 3.63) is 34.0 Å². The summed E-state index contributed by atoms with van der Waals surface area (Å²) in [6.07, 6.45) is 2.49. The summed E-state index contributed by atoms with van der Waals surface area (Å²) in [7, 11) is 0. The van der Waals surface area contributed by atoms with E-state index in [1.54, 1.807) is 19.9 Å². The Hall–Kier alpha value is -2.15. The minimum Gasteiger partial charge on any atom is -0.267 e. The molecule has 0 fully saturated rings. The van der Waals surface area contributed by atoms with Gasteiger partial charge in [0.15, 0.2) is 0 Å². The van der Waals surface area contributed by atoms with Crippen LogP contribution in [0.2, 0.25) is 0 Å². The zero-order valence-corrected chi connectivity index (χ0v) is 9.49. The van der Waals surface area contributed by atoms with Crippen LogP contribution in [0.5, 0.6) is 0 Å². The summed E-state index contributed by atoms with van der Waals surface area (Å²) in [5, 5.41) is 13.3. The van der Waals surface area contributed by atoms with Crippen LogP contribution in [0.25, 0.3) is 12.3 Å². The molecule has 0 N–H and O–H groups in total. The lowest BCUT2D eigenvalue weighted by Crippen LogP contribution is -2.37. The van der Waals surface area contributed by atoms with Crippen LogP contribution in [-0.2, 0) is 10.2 Å². The number of carbonyl (C=O) groups excluding carboxylic acids is 1. The number of nitriles is 1. The van der Waals surface area contributed by atoms with Gasteiger partial charge in [0.1, 0.15) is 5.82 Å². The van der Waals surface area contributed by atoms with Crippen molar-refractivity contribution in [2.24, 2.45) is 0 Å². The van der Waals surface area contributed by atoms with Crippen LogP contribution in [0.4, 0.5) is 4.39 Å². The van der Waals surface area contributed by atoms with Gasteiger partial charge in [-0.15, -0.1) is 0 Å². The fraction of sp³-hybridized carbons (Fsp3) is 0.231. The van der Waals surface area contributed by atoms with Gasteiger partial charge in [0.2, 0.25) is 0 Å². The number of carbonyl (C=O) groups is 1. The molecule has 4 heteroatoms. The number of nitrogens with zero attached hydrogens (tertiary/aromatic N) is 2. The average Bonchev–Trinajstić information content (AvgIpc) is 2.28. The van der Waals surface area contributed by atoms with Crippen molar-refractivity contribution in [1.29, 1.82) is 5.26 Å². The fourth-order valence-corrected chi connectivity index (χ4v) is 1.62. The van der Waals surface area contributed by atoms with Crippen molar-refractivity contribution in [1.82, 2.24) is 5.32 Å². The van der Waals surface area contributed by atoms with Crippen molar-refractivity contribution in [2.45, 2.75) is 19.3 Å². The molecule has 1 radical (unpaired) electrons. The van der Waals surface area contributed by atoms with Crippen LogP contribution in [-0.4, -0.2) is 5.91 Å². The van der Waals surface area contributed by atoms with Gasteiger partial charge in [0.25, 0.3) is 5.91 Å². The van der Waals surface area contributed by atoms with E-state index in [2.05, 4.69) is 11.4 Å². The molecule has 0 spiro atoms. The number of benzene rings is 1. The lowest BCUT2D eigenvalue weighted by molar-refractivity contribution is -0.114. The Kier molecular flexibility index (Phi) is 2.47. The highest BCUT2D eigenvalue weighted by Gasteiger charge is 2.21. The summed E-state index contributed by atoms with van der Waals surface area (Å²) in [5.41, 5.74) is -0.239. The zero-order valence-electron chi connectivity index (χ0n) is 9.49. The van der Waals surface area contributed by atoms with E-state index in [1.165, 1.54) is 18.3 Å². The molecule has 1 amide bonds. The lowest BCUT2D eigenvalue weighted by atomic mass is 9.85. The summed E-state index contributed by atoms with van der Waals surface area (Å²) < 4.78 is 13.8. The molecule has 1 aromatic rings. The van der Waals surface area contributed by atoms with Gasteiger partial charge >= 0.3 is 0 Å². The molecule has 0 bridgehead atoms. The summed E-state index contributed by atoms with van der Waals surface area (Å²) in [4.78, 5) is 11.1. The van der Waals surface area contributed by atoms with Crippen LogP contribution in [0.1, 0.15) is 19.4 Å². The lowest BCUT2D eigenvalue weighted by Gasteiger charge is -2.16.